The fourth-order valence-corrected chi connectivity index (χ4v) is 11.7. The largest absolute Gasteiger partial charge is 1.00 e. The molecule has 2 bridgehead atoms. The zero-order valence-electron chi connectivity index (χ0n) is 30.0. The highest BCUT2D eigenvalue weighted by atomic mass is 79.9. The van der Waals surface area contributed by atoms with Crippen molar-refractivity contribution in [1.82, 2.24) is 0 Å². The van der Waals surface area contributed by atoms with Crippen LogP contribution in [0.1, 0.15) is 111 Å². The summed E-state index contributed by atoms with van der Waals surface area (Å²) in [5.74, 6) is 0.559. The van der Waals surface area contributed by atoms with Crippen molar-refractivity contribution in [2.75, 3.05) is 6.16 Å². The van der Waals surface area contributed by atoms with Crippen molar-refractivity contribution in [2.24, 2.45) is 11.8 Å². The SMILES string of the molecule is CCCCCCCCCC/C=C/[C@]1(C)OO[C@@H]2C[C@H]1CC(=O)[C@@H]2C.CCCC[P+](c1ccccc1)(c1ccccc1)c1ccccc1.[Br-]. The van der Waals surface area contributed by atoms with Crippen molar-refractivity contribution in [1.29, 1.82) is 0 Å². The Labute approximate surface area is 303 Å². The summed E-state index contributed by atoms with van der Waals surface area (Å²) in [6.07, 6.45) is 21.5. The molecule has 3 aromatic carbocycles. The smallest absolute Gasteiger partial charge is 0.138 e. The molecule has 2 fully saturated rings. The third-order valence-corrected chi connectivity index (χ3v) is 14.8. The number of hydrogen-bond acceptors (Lipinski definition) is 3. The molecule has 0 amide bonds. The zero-order valence-corrected chi connectivity index (χ0v) is 32.5. The number of unbranched alkanes of at least 4 members (excludes halogenated alkanes) is 9. The number of carbonyl (C=O) groups is 1. The number of allylic oxidation sites excluding steroid dienone is 1. The van der Waals surface area contributed by atoms with Gasteiger partial charge in [-0.2, -0.15) is 0 Å². The number of fused-ring (bicyclic) bond motifs is 2. The topological polar surface area (TPSA) is 35.5 Å². The maximum absolute atomic E-state index is 12.1. The van der Waals surface area contributed by atoms with E-state index in [4.69, 9.17) is 9.78 Å². The lowest BCUT2D eigenvalue weighted by Crippen LogP contribution is -3.00. The van der Waals surface area contributed by atoms with E-state index in [0.29, 0.717) is 12.2 Å². The van der Waals surface area contributed by atoms with Crippen LogP contribution in [0.2, 0.25) is 0 Å². The first-order valence-electron chi connectivity index (χ1n) is 18.5. The van der Waals surface area contributed by atoms with Gasteiger partial charge in [0, 0.05) is 18.3 Å². The number of ketones is 1. The predicted octanol–water partition coefficient (Wildman–Crippen LogP) is 7.56. The van der Waals surface area contributed by atoms with Crippen LogP contribution in [0.15, 0.2) is 103 Å². The highest BCUT2D eigenvalue weighted by Gasteiger charge is 2.48. The van der Waals surface area contributed by atoms with E-state index in [2.05, 4.69) is 124 Å². The second-order valence-electron chi connectivity index (χ2n) is 13.9. The molecule has 1 aliphatic heterocycles. The quantitative estimate of drug-likeness (QED) is 0.0660. The fourth-order valence-electron chi connectivity index (χ4n) is 7.15. The molecule has 0 spiro atoms. The van der Waals surface area contributed by atoms with E-state index >= 15 is 0 Å². The molecule has 0 radical (unpaired) electrons. The summed E-state index contributed by atoms with van der Waals surface area (Å²) in [6, 6.07) is 33.4. The first-order chi connectivity index (χ1) is 22.9. The van der Waals surface area contributed by atoms with Crippen molar-refractivity contribution >= 4 is 29.0 Å². The third-order valence-electron chi connectivity index (χ3n) is 10.3. The Kier molecular flexibility index (Phi) is 17.8. The summed E-state index contributed by atoms with van der Waals surface area (Å²) in [5.41, 5.74) is -0.438. The highest BCUT2D eigenvalue weighted by molar-refractivity contribution is 7.95. The molecule has 262 valence electrons. The molecule has 48 heavy (non-hydrogen) atoms. The van der Waals surface area contributed by atoms with Crippen LogP contribution >= 0.6 is 7.26 Å². The maximum atomic E-state index is 12.1. The summed E-state index contributed by atoms with van der Waals surface area (Å²) >= 11 is 0. The van der Waals surface area contributed by atoms with Crippen molar-refractivity contribution in [3.8, 4) is 0 Å². The summed E-state index contributed by atoms with van der Waals surface area (Å²) < 4.78 is 0. The van der Waals surface area contributed by atoms with Gasteiger partial charge in [-0.1, -0.05) is 139 Å². The van der Waals surface area contributed by atoms with Gasteiger partial charge in [-0.05, 0) is 69.0 Å². The second kappa shape index (κ2) is 21.2. The molecule has 0 N–H and O–H groups in total. The van der Waals surface area contributed by atoms with Crippen LogP contribution in [0, 0.1) is 11.8 Å². The lowest BCUT2D eigenvalue weighted by molar-refractivity contribution is -0.415. The molecule has 0 aromatic heterocycles. The van der Waals surface area contributed by atoms with Crippen LogP contribution in [0.4, 0.5) is 0 Å². The fraction of sp³-hybridized carbons (Fsp3) is 0.512. The minimum atomic E-state index is -1.57. The third kappa shape index (κ3) is 10.9. The van der Waals surface area contributed by atoms with Crippen molar-refractivity contribution in [3.05, 3.63) is 103 Å². The number of benzene rings is 3. The summed E-state index contributed by atoms with van der Waals surface area (Å²) in [4.78, 5) is 23.3. The molecule has 1 heterocycles. The molecule has 3 aromatic rings. The minimum absolute atomic E-state index is 0. The lowest BCUT2D eigenvalue weighted by atomic mass is 9.71. The number of halogens is 1. The molecular weight excluding hydrogens is 675 g/mol. The van der Waals surface area contributed by atoms with E-state index in [1.54, 1.807) is 0 Å². The molecule has 2 aliphatic rings. The summed E-state index contributed by atoms with van der Waals surface area (Å²) in [6.45, 7) is 8.56. The van der Waals surface area contributed by atoms with E-state index in [-0.39, 0.29) is 34.9 Å². The average molecular weight is 736 g/mol. The maximum Gasteiger partial charge on any atom is 0.138 e. The van der Waals surface area contributed by atoms with Gasteiger partial charge in [0.25, 0.3) is 0 Å². The number of rotatable bonds is 16. The minimum Gasteiger partial charge on any atom is -1.00 e. The van der Waals surface area contributed by atoms with Crippen LogP contribution in [0.25, 0.3) is 0 Å². The van der Waals surface area contributed by atoms with Crippen LogP contribution in [0.3, 0.4) is 0 Å². The molecule has 5 rings (SSSR count). The Bertz CT molecular complexity index is 1240. The highest BCUT2D eigenvalue weighted by Crippen LogP contribution is 2.55. The normalized spacial score (nSPS) is 22.1. The van der Waals surface area contributed by atoms with Gasteiger partial charge in [0.2, 0.25) is 0 Å². The number of Topliss-reactive ketones (excluding diaryl/α,β-unsaturated/α-hetero) is 1. The van der Waals surface area contributed by atoms with Gasteiger partial charge < -0.3 is 17.0 Å². The van der Waals surface area contributed by atoms with Crippen molar-refractivity contribution < 1.29 is 31.6 Å². The van der Waals surface area contributed by atoms with E-state index in [1.165, 1.54) is 86.3 Å². The van der Waals surface area contributed by atoms with Crippen LogP contribution in [-0.2, 0) is 14.6 Å². The van der Waals surface area contributed by atoms with E-state index in [0.717, 1.165) is 12.8 Å². The zero-order chi connectivity index (χ0) is 33.4. The Morgan fingerprint density at radius 1 is 0.729 bits per heavy atom. The first kappa shape index (κ1) is 40.3. The second-order valence-corrected chi connectivity index (χ2v) is 17.5. The van der Waals surface area contributed by atoms with Crippen LogP contribution in [0.5, 0.6) is 0 Å². The van der Waals surface area contributed by atoms with Gasteiger partial charge in [-0.3, -0.25) is 4.79 Å². The Hall–Kier alpha value is -2.10. The van der Waals surface area contributed by atoms with Gasteiger partial charge in [0.05, 0.1) is 6.16 Å². The molecule has 1 aliphatic carbocycles. The Morgan fingerprint density at radius 3 is 1.71 bits per heavy atom. The van der Waals surface area contributed by atoms with Crippen LogP contribution in [-0.4, -0.2) is 23.7 Å². The van der Waals surface area contributed by atoms with Crippen LogP contribution < -0.4 is 32.9 Å². The van der Waals surface area contributed by atoms with E-state index < -0.39 is 12.9 Å². The average Bonchev–Trinajstić information content (AvgIpc) is 3.11. The monoisotopic (exact) mass is 734 g/mol. The number of hydrogen-bond donors (Lipinski definition) is 0. The summed E-state index contributed by atoms with van der Waals surface area (Å²) in [7, 11) is -1.57. The molecule has 1 saturated heterocycles. The molecule has 0 unspecified atom stereocenters. The van der Waals surface area contributed by atoms with Crippen molar-refractivity contribution in [2.45, 2.75) is 123 Å². The van der Waals surface area contributed by atoms with Gasteiger partial charge in [0.15, 0.2) is 0 Å². The van der Waals surface area contributed by atoms with E-state index in [1.807, 2.05) is 6.92 Å². The van der Waals surface area contributed by atoms with Gasteiger partial charge >= 0.3 is 0 Å². The molecule has 5 heteroatoms. The van der Waals surface area contributed by atoms with Crippen molar-refractivity contribution in [3.63, 3.8) is 0 Å². The first-order valence-corrected chi connectivity index (χ1v) is 20.5. The van der Waals surface area contributed by atoms with Gasteiger partial charge in [-0.25, -0.2) is 9.78 Å². The number of carbonyl (C=O) groups excluding carboxylic acids is 1. The van der Waals surface area contributed by atoms with Gasteiger partial charge in [-0.15, -0.1) is 0 Å². The van der Waals surface area contributed by atoms with E-state index in [9.17, 15) is 4.79 Å². The summed E-state index contributed by atoms with van der Waals surface area (Å²) in [5, 5.41) is 4.47. The van der Waals surface area contributed by atoms with Gasteiger partial charge in [0.1, 0.15) is 40.7 Å². The molecule has 3 nitrogen and oxygen atoms in total. The molecule has 1 saturated carbocycles. The standard InChI is InChI=1S/C22H24P.C21H36O3.BrH/c1-2-3-19-23(20-13-7-4-8-14-20,21-15-9-5-10-16-21)22-17-11-6-12-18-22;1-4-5-6-7-8-9-10-11-12-13-14-21(3)18-15-19(22)17(2)20(16-18)23-24-21;/h4-18H,2-3,19H2,1H3;13-14,17-18,20H,4-12,15-16H2,1-3H3;1H/q+1;;/p-1/b;14-13+;/t;17-,18+,20+,21-;/m.0./s1. The predicted molar refractivity (Wildman–Crippen MR) is 203 cm³/mol. The lowest BCUT2D eigenvalue weighted by Gasteiger charge is -2.45. The molecule has 4 atom stereocenters. The Morgan fingerprint density at radius 2 is 1.21 bits per heavy atom. The Balaban J connectivity index is 0.000000255. The molecular formula is C43H60BrO3P.